The number of rotatable bonds is 2. The quantitative estimate of drug-likeness (QED) is 0.306. The molecule has 9 nitrogen and oxygen atoms in total. The van der Waals surface area contributed by atoms with Crippen LogP contribution in [0.5, 0.6) is 5.88 Å². The lowest BCUT2D eigenvalue weighted by Crippen LogP contribution is -2.58. The topological polar surface area (TPSA) is 107 Å². The van der Waals surface area contributed by atoms with Crippen LogP contribution >= 0.6 is 15.9 Å². The molecule has 10 heteroatoms. The molecule has 0 radical (unpaired) electrons. The SMILES string of the molecule is CCOC(=O)[C@@H]1C[C@@H]2Oc3nccc4ccc(cc34)CCCCCOC(=O)N[C@@H](C(C)(C)C)C(=O)N1[C@@H]2Br. The summed E-state index contributed by atoms with van der Waals surface area (Å²) in [5.74, 6) is -0.494. The van der Waals surface area contributed by atoms with Gasteiger partial charge in [-0.2, -0.15) is 0 Å². The van der Waals surface area contributed by atoms with Gasteiger partial charge in [-0.3, -0.25) is 4.79 Å². The van der Waals surface area contributed by atoms with Crippen molar-refractivity contribution in [1.29, 1.82) is 0 Å². The highest BCUT2D eigenvalue weighted by Crippen LogP contribution is 2.36. The molecule has 4 atom stereocenters. The maximum atomic E-state index is 14.0. The largest absolute Gasteiger partial charge is 0.471 e. The van der Waals surface area contributed by atoms with Crippen molar-refractivity contribution in [2.75, 3.05) is 13.2 Å². The summed E-state index contributed by atoms with van der Waals surface area (Å²) in [6, 6.07) is 6.33. The first kappa shape index (κ1) is 28.1. The first-order chi connectivity index (χ1) is 18.1. The lowest BCUT2D eigenvalue weighted by atomic mass is 9.85. The van der Waals surface area contributed by atoms with Crippen LogP contribution in [0, 0.1) is 5.41 Å². The second-order valence-electron chi connectivity index (χ2n) is 10.8. The van der Waals surface area contributed by atoms with Crippen LogP contribution in [0.15, 0.2) is 30.5 Å². The van der Waals surface area contributed by atoms with Crippen LogP contribution in [0.4, 0.5) is 4.79 Å². The second kappa shape index (κ2) is 11.9. The first-order valence-corrected chi connectivity index (χ1v) is 14.1. The van der Waals surface area contributed by atoms with Crippen molar-refractivity contribution >= 4 is 44.7 Å². The average molecular weight is 591 g/mol. The number of nitrogens with zero attached hydrogens (tertiary/aromatic N) is 2. The van der Waals surface area contributed by atoms with Crippen LogP contribution in [0.1, 0.15) is 58.9 Å². The zero-order chi connectivity index (χ0) is 27.4. The number of amides is 2. The Morgan fingerprint density at radius 3 is 2.74 bits per heavy atom. The molecule has 2 aromatic rings. The number of halogens is 1. The van der Waals surface area contributed by atoms with Crippen molar-refractivity contribution in [1.82, 2.24) is 15.2 Å². The van der Waals surface area contributed by atoms with Crippen LogP contribution in [0.3, 0.4) is 0 Å². The smallest absolute Gasteiger partial charge is 0.407 e. The molecule has 2 aliphatic rings. The van der Waals surface area contributed by atoms with Gasteiger partial charge >= 0.3 is 12.1 Å². The molecule has 0 saturated carbocycles. The van der Waals surface area contributed by atoms with Gasteiger partial charge in [0.2, 0.25) is 11.8 Å². The Hall–Kier alpha value is -2.88. The van der Waals surface area contributed by atoms with Crippen LogP contribution in [0.25, 0.3) is 10.8 Å². The van der Waals surface area contributed by atoms with Crippen molar-refractivity contribution < 1.29 is 28.6 Å². The third-order valence-corrected chi connectivity index (χ3v) is 7.98. The zero-order valence-corrected chi connectivity index (χ0v) is 24.0. The standard InChI is InChI=1S/C28H36BrN3O6/c1-5-36-26(34)20-16-21-23(29)32(20)25(33)22(28(2,3)4)31-27(35)37-14-8-6-7-9-17-10-11-18-12-13-30-24(38-21)19(18)15-17/h10-13,15,20-23H,5-9,14,16H2,1-4H3,(H,31,35)/t20-,21-,22+,23-/m0/s1. The fourth-order valence-corrected chi connectivity index (χ4v) is 5.75. The van der Waals surface area contributed by atoms with Gasteiger partial charge in [-0.25, -0.2) is 14.6 Å². The van der Waals surface area contributed by atoms with Crippen molar-refractivity contribution in [3.05, 3.63) is 36.0 Å². The van der Waals surface area contributed by atoms with E-state index >= 15 is 0 Å². The van der Waals surface area contributed by atoms with Gasteiger partial charge in [0.25, 0.3) is 0 Å². The van der Waals surface area contributed by atoms with Crippen LogP contribution < -0.4 is 10.1 Å². The summed E-state index contributed by atoms with van der Waals surface area (Å²) in [4.78, 5) is 45.0. The molecule has 1 N–H and O–H groups in total. The van der Waals surface area contributed by atoms with Gasteiger partial charge in [0.05, 0.1) is 13.2 Å². The molecular formula is C28H36BrN3O6. The first-order valence-electron chi connectivity index (χ1n) is 13.2. The van der Waals surface area contributed by atoms with Crippen LogP contribution in [0.2, 0.25) is 0 Å². The van der Waals surface area contributed by atoms with E-state index in [1.165, 1.54) is 4.90 Å². The number of ether oxygens (including phenoxy) is 3. The number of hydrogen-bond acceptors (Lipinski definition) is 7. The van der Waals surface area contributed by atoms with Gasteiger partial charge in [-0.05, 0) is 61.1 Å². The lowest BCUT2D eigenvalue weighted by Gasteiger charge is -2.36. The summed E-state index contributed by atoms with van der Waals surface area (Å²) in [5, 5.41) is 4.63. The minimum atomic E-state index is -0.942. The van der Waals surface area contributed by atoms with Crippen molar-refractivity contribution in [2.24, 2.45) is 5.41 Å². The van der Waals surface area contributed by atoms with Crippen LogP contribution in [-0.4, -0.2) is 64.2 Å². The summed E-state index contributed by atoms with van der Waals surface area (Å²) in [5.41, 5.74) is 0.501. The van der Waals surface area contributed by atoms with Crippen LogP contribution in [-0.2, 0) is 25.5 Å². The van der Waals surface area contributed by atoms with Gasteiger partial charge < -0.3 is 24.4 Å². The molecule has 1 aromatic carbocycles. The van der Waals surface area contributed by atoms with Gasteiger partial charge in [0.15, 0.2) is 0 Å². The van der Waals surface area contributed by atoms with E-state index in [4.69, 9.17) is 14.2 Å². The molecule has 4 rings (SSSR count). The molecule has 1 saturated heterocycles. The van der Waals surface area contributed by atoms with Gasteiger partial charge in [-0.15, -0.1) is 0 Å². The van der Waals surface area contributed by atoms with E-state index in [-0.39, 0.29) is 19.6 Å². The van der Waals surface area contributed by atoms with E-state index < -0.39 is 46.5 Å². The minimum absolute atomic E-state index is 0.177. The van der Waals surface area contributed by atoms with Gasteiger partial charge in [0.1, 0.15) is 23.1 Å². The van der Waals surface area contributed by atoms with E-state index in [1.807, 2.05) is 26.8 Å². The zero-order valence-electron chi connectivity index (χ0n) is 22.4. The number of carbonyl (C=O) groups excluding carboxylic acids is 3. The molecule has 0 aliphatic carbocycles. The van der Waals surface area contributed by atoms with Crippen molar-refractivity contribution in [2.45, 2.75) is 82.9 Å². The minimum Gasteiger partial charge on any atom is -0.471 e. The molecule has 4 bridgehead atoms. The monoisotopic (exact) mass is 589 g/mol. The average Bonchev–Trinajstić information content (AvgIpc) is 3.19. The third kappa shape index (κ3) is 6.22. The maximum Gasteiger partial charge on any atom is 0.407 e. The Morgan fingerprint density at radius 1 is 1.21 bits per heavy atom. The predicted molar refractivity (Wildman–Crippen MR) is 146 cm³/mol. The lowest BCUT2D eigenvalue weighted by molar-refractivity contribution is -0.154. The number of alkyl carbamates (subject to hydrolysis) is 1. The predicted octanol–water partition coefficient (Wildman–Crippen LogP) is 4.73. The molecule has 1 fully saturated rings. The number of alkyl halides is 1. The van der Waals surface area contributed by atoms with Gasteiger partial charge in [-0.1, -0.05) is 48.8 Å². The normalized spacial score (nSPS) is 25.2. The Labute approximate surface area is 231 Å². The number of benzene rings is 1. The number of esters is 1. The number of aromatic nitrogens is 1. The molecule has 206 valence electrons. The Balaban J connectivity index is 1.75. The summed E-state index contributed by atoms with van der Waals surface area (Å²) in [7, 11) is 0. The molecule has 2 aliphatic heterocycles. The van der Waals surface area contributed by atoms with Crippen molar-refractivity contribution in [3.63, 3.8) is 0 Å². The van der Waals surface area contributed by atoms with E-state index in [0.717, 1.165) is 35.6 Å². The van der Waals surface area contributed by atoms with E-state index in [0.29, 0.717) is 12.3 Å². The van der Waals surface area contributed by atoms with E-state index in [1.54, 1.807) is 13.1 Å². The van der Waals surface area contributed by atoms with Gasteiger partial charge in [0, 0.05) is 18.0 Å². The highest BCUT2D eigenvalue weighted by atomic mass is 79.9. The Kier molecular flexibility index (Phi) is 8.80. The fraction of sp³-hybridized carbons (Fsp3) is 0.571. The molecule has 2 amide bonds. The summed E-state index contributed by atoms with van der Waals surface area (Å²) in [6.45, 7) is 7.72. The Bertz CT molecular complexity index is 1180. The fourth-order valence-electron chi connectivity index (χ4n) is 4.94. The Morgan fingerprint density at radius 2 is 2.00 bits per heavy atom. The summed E-state index contributed by atoms with van der Waals surface area (Å²) in [6.07, 6.45) is 4.09. The molecule has 0 unspecified atom stereocenters. The highest BCUT2D eigenvalue weighted by Gasteiger charge is 2.51. The number of aryl methyl sites for hydroxylation is 1. The third-order valence-electron chi connectivity index (χ3n) is 6.95. The number of hydrogen-bond donors (Lipinski definition) is 1. The number of pyridine rings is 1. The van der Waals surface area contributed by atoms with Crippen molar-refractivity contribution in [3.8, 4) is 5.88 Å². The molecule has 38 heavy (non-hydrogen) atoms. The summed E-state index contributed by atoms with van der Waals surface area (Å²) < 4.78 is 17.1. The summed E-state index contributed by atoms with van der Waals surface area (Å²) >= 11 is 3.63. The number of nitrogens with one attached hydrogen (secondary N) is 1. The second-order valence-corrected chi connectivity index (χ2v) is 11.8. The molecule has 3 heterocycles. The maximum absolute atomic E-state index is 14.0. The molecule has 0 spiro atoms. The number of carbonyl (C=O) groups is 3. The van der Waals surface area contributed by atoms with E-state index in [9.17, 15) is 14.4 Å². The molecular weight excluding hydrogens is 554 g/mol. The highest BCUT2D eigenvalue weighted by molar-refractivity contribution is 9.09. The molecule has 1 aromatic heterocycles. The number of cyclic esters (lactones) is 1. The van der Waals surface area contributed by atoms with E-state index in [2.05, 4.69) is 44.4 Å². The number of fused-ring (bicyclic) bond motifs is 3.